The Bertz CT molecular complexity index is 1250. The summed E-state index contributed by atoms with van der Waals surface area (Å²) in [6.07, 6.45) is 6.48. The molecule has 0 spiro atoms. The zero-order valence-corrected chi connectivity index (χ0v) is 24.3. The number of hydrogen-bond acceptors (Lipinski definition) is 6. The van der Waals surface area contributed by atoms with Gasteiger partial charge < -0.3 is 16.0 Å². The van der Waals surface area contributed by atoms with Gasteiger partial charge in [-0.25, -0.2) is 18.7 Å². The van der Waals surface area contributed by atoms with Crippen molar-refractivity contribution >= 4 is 17.5 Å². The first kappa shape index (κ1) is 31.1. The maximum atomic E-state index is 14.2. The van der Waals surface area contributed by atoms with Gasteiger partial charge in [0.2, 0.25) is 5.95 Å². The summed E-state index contributed by atoms with van der Waals surface area (Å²) < 4.78 is 28.3. The number of anilines is 2. The third-order valence-corrected chi connectivity index (χ3v) is 7.02. The summed E-state index contributed by atoms with van der Waals surface area (Å²) in [6.45, 7) is 11.3. The molecular weight excluding hydrogens is 510 g/mol. The minimum absolute atomic E-state index is 0.126. The van der Waals surface area contributed by atoms with Gasteiger partial charge in [-0.05, 0) is 79.4 Å². The summed E-state index contributed by atoms with van der Waals surface area (Å²) in [5.74, 6) is -3.04. The van der Waals surface area contributed by atoms with E-state index in [0.29, 0.717) is 18.2 Å². The fourth-order valence-electron chi connectivity index (χ4n) is 4.51. The smallest absolute Gasteiger partial charge is 0.270 e. The number of hydrogen-bond donors (Lipinski definition) is 2. The Kier molecular flexibility index (Phi) is 11.1. The molecular formula is C31H42F2N6O. The summed E-state index contributed by atoms with van der Waals surface area (Å²) in [6, 6.07) is 10.4. The van der Waals surface area contributed by atoms with Gasteiger partial charge >= 0.3 is 0 Å². The van der Waals surface area contributed by atoms with Gasteiger partial charge in [-0.3, -0.25) is 9.69 Å². The molecule has 216 valence electrons. The number of aryl methyl sites for hydroxylation is 3. The lowest BCUT2D eigenvalue weighted by Crippen LogP contribution is -2.43. The molecule has 1 aliphatic heterocycles. The van der Waals surface area contributed by atoms with Crippen LogP contribution in [0.25, 0.3) is 0 Å². The van der Waals surface area contributed by atoms with Crippen molar-refractivity contribution in [1.82, 2.24) is 19.8 Å². The second-order valence-corrected chi connectivity index (χ2v) is 10.5. The number of rotatable bonds is 8. The first-order chi connectivity index (χ1) is 19.0. The van der Waals surface area contributed by atoms with Gasteiger partial charge in [-0.1, -0.05) is 26.3 Å². The van der Waals surface area contributed by atoms with Crippen LogP contribution in [-0.2, 0) is 25.3 Å². The highest BCUT2D eigenvalue weighted by molar-refractivity contribution is 6.04. The van der Waals surface area contributed by atoms with Crippen LogP contribution in [0.3, 0.4) is 0 Å². The predicted molar refractivity (Wildman–Crippen MR) is 158 cm³/mol. The number of carbonyl (C=O) groups excluding carboxylic acids is 1. The molecule has 40 heavy (non-hydrogen) atoms. The Morgan fingerprint density at radius 3 is 2.27 bits per heavy atom. The first-order valence-corrected chi connectivity index (χ1v) is 13.9. The summed E-state index contributed by atoms with van der Waals surface area (Å²) in [5, 5.41) is 2.88. The van der Waals surface area contributed by atoms with E-state index in [1.165, 1.54) is 17.7 Å². The minimum Gasteiger partial charge on any atom is -0.368 e. The number of aromatic nitrogens is 2. The lowest BCUT2D eigenvalue weighted by molar-refractivity contribution is 0.0173. The fourth-order valence-corrected chi connectivity index (χ4v) is 4.51. The number of carbonyl (C=O) groups is 1. The van der Waals surface area contributed by atoms with Crippen molar-refractivity contribution in [2.24, 2.45) is 0 Å². The number of nitrogens with two attached hydrogens (primary N) is 1. The SMILES string of the molecule is CCCc1ccc(NC(=O)c2cc(CN3CCN(C)CC3)cc(C(C)(F)F)c2)cc1C.CCc1cnc(N)nc1. The molecule has 2 aromatic carbocycles. The molecule has 3 aromatic rings. The second kappa shape index (κ2) is 14.3. The molecule has 0 saturated carbocycles. The lowest BCUT2D eigenvalue weighted by Gasteiger charge is -2.32. The van der Waals surface area contributed by atoms with Crippen LogP contribution in [0.1, 0.15) is 65.4 Å². The average molecular weight is 553 g/mol. The van der Waals surface area contributed by atoms with E-state index < -0.39 is 5.92 Å². The Morgan fingerprint density at radius 2 is 1.70 bits per heavy atom. The molecule has 1 aliphatic rings. The Morgan fingerprint density at radius 1 is 1.02 bits per heavy atom. The predicted octanol–water partition coefficient (Wildman–Crippen LogP) is 5.68. The molecule has 0 radical (unpaired) electrons. The third kappa shape index (κ3) is 9.34. The number of alkyl halides is 2. The molecule has 0 bridgehead atoms. The highest BCUT2D eigenvalue weighted by Gasteiger charge is 2.27. The number of nitrogens with zero attached hydrogens (tertiary/aromatic N) is 4. The molecule has 0 aliphatic carbocycles. The van der Waals surface area contributed by atoms with Gasteiger partial charge in [0, 0.05) is 68.9 Å². The van der Waals surface area contributed by atoms with Gasteiger partial charge in [0.05, 0.1) is 0 Å². The van der Waals surface area contributed by atoms with Crippen LogP contribution in [0, 0.1) is 6.92 Å². The zero-order chi connectivity index (χ0) is 29.3. The van der Waals surface area contributed by atoms with Gasteiger partial charge in [0.15, 0.2) is 0 Å². The highest BCUT2D eigenvalue weighted by atomic mass is 19.3. The maximum Gasteiger partial charge on any atom is 0.270 e. The molecule has 1 fully saturated rings. The number of nitrogen functional groups attached to an aromatic ring is 1. The van der Waals surface area contributed by atoms with E-state index in [1.54, 1.807) is 18.5 Å². The largest absolute Gasteiger partial charge is 0.368 e. The van der Waals surface area contributed by atoms with Gasteiger partial charge in [0.25, 0.3) is 11.8 Å². The molecule has 1 saturated heterocycles. The molecule has 9 heteroatoms. The highest BCUT2D eigenvalue weighted by Crippen LogP contribution is 2.29. The van der Waals surface area contributed by atoms with E-state index in [9.17, 15) is 13.6 Å². The van der Waals surface area contributed by atoms with Crippen molar-refractivity contribution in [3.63, 3.8) is 0 Å². The first-order valence-electron chi connectivity index (χ1n) is 13.9. The van der Waals surface area contributed by atoms with E-state index >= 15 is 0 Å². The van der Waals surface area contributed by atoms with E-state index in [2.05, 4.69) is 46.0 Å². The van der Waals surface area contributed by atoms with Crippen molar-refractivity contribution in [2.75, 3.05) is 44.3 Å². The van der Waals surface area contributed by atoms with Crippen LogP contribution in [0.2, 0.25) is 0 Å². The second-order valence-electron chi connectivity index (χ2n) is 10.5. The number of piperazine rings is 1. The van der Waals surface area contributed by atoms with Crippen molar-refractivity contribution in [2.45, 2.75) is 59.4 Å². The zero-order valence-electron chi connectivity index (χ0n) is 24.3. The molecule has 3 N–H and O–H groups in total. The summed E-state index contributed by atoms with van der Waals surface area (Å²) in [4.78, 5) is 25.0. The maximum absolute atomic E-state index is 14.2. The number of halogens is 2. The molecule has 7 nitrogen and oxygen atoms in total. The number of amides is 1. The normalized spacial score (nSPS) is 14.4. The minimum atomic E-state index is -3.01. The fraction of sp³-hybridized carbons (Fsp3) is 0.452. The topological polar surface area (TPSA) is 87.4 Å². The van der Waals surface area contributed by atoms with Crippen molar-refractivity contribution in [3.05, 3.63) is 82.2 Å². The van der Waals surface area contributed by atoms with Crippen LogP contribution in [0.4, 0.5) is 20.4 Å². The Labute approximate surface area is 236 Å². The molecule has 4 rings (SSSR count). The summed E-state index contributed by atoms with van der Waals surface area (Å²) in [7, 11) is 2.08. The number of nitrogens with one attached hydrogen (secondary N) is 1. The van der Waals surface area contributed by atoms with Crippen LogP contribution in [0.5, 0.6) is 0 Å². The molecule has 0 unspecified atom stereocenters. The average Bonchev–Trinajstić information content (AvgIpc) is 2.92. The van der Waals surface area contributed by atoms with Crippen molar-refractivity contribution in [1.29, 1.82) is 0 Å². The summed E-state index contributed by atoms with van der Waals surface area (Å²) >= 11 is 0. The quantitative estimate of drug-likeness (QED) is 0.374. The van der Waals surface area contributed by atoms with Crippen LogP contribution in [0.15, 0.2) is 48.8 Å². The molecule has 2 heterocycles. The standard InChI is InChI=1S/C25H33F2N3O.C6H9N3/c1-5-6-20-7-8-23(13-18(20)2)28-24(31)21-14-19(15-22(16-21)25(3,26)27)17-30-11-9-29(4)10-12-30;1-2-5-3-8-6(7)9-4-5/h7-8,13-16H,5-6,9-12,17H2,1-4H3,(H,28,31);3-4H,2H2,1H3,(H2,7,8,9). The summed E-state index contributed by atoms with van der Waals surface area (Å²) in [5.41, 5.74) is 10.3. The van der Waals surface area contributed by atoms with Crippen LogP contribution >= 0.6 is 0 Å². The number of likely N-dealkylation sites (N-methyl/N-ethyl adjacent to an activating group) is 1. The Balaban J connectivity index is 0.000000415. The monoisotopic (exact) mass is 552 g/mol. The van der Waals surface area contributed by atoms with E-state index in [0.717, 1.165) is 69.1 Å². The third-order valence-electron chi connectivity index (χ3n) is 7.02. The van der Waals surface area contributed by atoms with E-state index in [4.69, 9.17) is 5.73 Å². The van der Waals surface area contributed by atoms with E-state index in [-0.39, 0.29) is 17.0 Å². The van der Waals surface area contributed by atoms with Crippen LogP contribution in [-0.4, -0.2) is 58.9 Å². The van der Waals surface area contributed by atoms with E-state index in [1.807, 2.05) is 25.1 Å². The Hall–Kier alpha value is -3.43. The number of benzene rings is 2. The molecule has 1 aromatic heterocycles. The lowest BCUT2D eigenvalue weighted by atomic mass is 10.0. The van der Waals surface area contributed by atoms with Gasteiger partial charge in [-0.15, -0.1) is 0 Å². The van der Waals surface area contributed by atoms with Gasteiger partial charge in [0.1, 0.15) is 0 Å². The van der Waals surface area contributed by atoms with Gasteiger partial charge in [-0.2, -0.15) is 0 Å². The van der Waals surface area contributed by atoms with Crippen molar-refractivity contribution in [3.8, 4) is 0 Å². The molecule has 0 atom stereocenters. The van der Waals surface area contributed by atoms with Crippen molar-refractivity contribution < 1.29 is 13.6 Å². The molecule has 1 amide bonds. The van der Waals surface area contributed by atoms with Crippen LogP contribution < -0.4 is 11.1 Å².